The number of hydrogen-bond acceptors (Lipinski definition) is 5. The first-order valence-electron chi connectivity index (χ1n) is 20.0. The maximum atomic E-state index is 14.2. The SMILES string of the molecule is CCCCCCC=CCC=CCCCCCCCN(C(N)=O)C1CCCCCC1C(CC(=O)O)c1[nH]ccc1C(=O)C1OC(C)(C)OCC1(C)C. The average molecular weight is 712 g/mol. The second-order valence-electron chi connectivity index (χ2n) is 16.0. The number of nitrogens with zero attached hydrogens (tertiary/aromatic N) is 1. The Hall–Kier alpha value is -2.91. The number of primary amides is 1. The van der Waals surface area contributed by atoms with Crippen molar-refractivity contribution in [1.29, 1.82) is 0 Å². The number of carboxylic acid groups (broad SMARTS) is 1. The first kappa shape index (κ1) is 42.5. The highest BCUT2D eigenvalue weighted by atomic mass is 16.7. The molecule has 0 spiro atoms. The number of nitrogens with one attached hydrogen (secondary N) is 1. The molecular weight excluding hydrogens is 642 g/mol. The van der Waals surface area contributed by atoms with E-state index in [4.69, 9.17) is 15.2 Å². The van der Waals surface area contributed by atoms with Gasteiger partial charge in [0.25, 0.3) is 0 Å². The number of aliphatic carboxylic acids is 1. The number of ketones is 1. The minimum absolute atomic E-state index is 0.151. The highest BCUT2D eigenvalue weighted by Crippen LogP contribution is 2.43. The molecule has 2 aliphatic rings. The van der Waals surface area contributed by atoms with Gasteiger partial charge in [-0.25, -0.2) is 4.79 Å². The standard InChI is InChI=1S/C42H69N3O6/c1-6-7-8-9-10-11-12-13-14-15-16-17-18-19-20-24-29-45(40(43)49)35-26-23-21-22-25-32(35)34(30-36(46)47)37-33(27-28-44-37)38(48)39-41(2,3)31-50-42(4,5)51-39/h11-12,14-15,27-28,32,34-35,39,44H,6-10,13,16-26,29-31H2,1-5H3,(H2,43,49)(H,46,47). The number of aromatic nitrogens is 1. The Morgan fingerprint density at radius 1 is 0.941 bits per heavy atom. The number of unbranched alkanes of at least 4 members (excludes halogenated alkanes) is 9. The lowest BCUT2D eigenvalue weighted by atomic mass is 9.75. The van der Waals surface area contributed by atoms with Crippen molar-refractivity contribution >= 4 is 17.8 Å². The predicted octanol–water partition coefficient (Wildman–Crippen LogP) is 10.1. The molecule has 288 valence electrons. The number of aromatic amines is 1. The number of H-pyrrole nitrogens is 1. The monoisotopic (exact) mass is 712 g/mol. The van der Waals surface area contributed by atoms with E-state index in [9.17, 15) is 19.5 Å². The molecule has 2 heterocycles. The number of amides is 2. The van der Waals surface area contributed by atoms with Crippen LogP contribution < -0.4 is 5.73 Å². The highest BCUT2D eigenvalue weighted by molar-refractivity contribution is 6.01. The molecule has 1 saturated carbocycles. The van der Waals surface area contributed by atoms with Crippen molar-refractivity contribution in [3.63, 3.8) is 0 Å². The lowest BCUT2D eigenvalue weighted by Gasteiger charge is -2.45. The molecule has 2 amide bonds. The normalized spacial score (nSPS) is 22.6. The van der Waals surface area contributed by atoms with Crippen molar-refractivity contribution in [3.05, 3.63) is 47.8 Å². The van der Waals surface area contributed by atoms with E-state index in [0.717, 1.165) is 77.0 Å². The number of urea groups is 1. The van der Waals surface area contributed by atoms with Crippen molar-refractivity contribution in [2.75, 3.05) is 13.2 Å². The molecule has 4 atom stereocenters. The molecule has 1 aliphatic carbocycles. The van der Waals surface area contributed by atoms with Gasteiger partial charge in [-0.05, 0) is 77.2 Å². The van der Waals surface area contributed by atoms with E-state index in [1.54, 1.807) is 26.1 Å². The second kappa shape index (κ2) is 21.6. The smallest absolute Gasteiger partial charge is 0.315 e. The van der Waals surface area contributed by atoms with Crippen LogP contribution in [0.15, 0.2) is 36.6 Å². The van der Waals surface area contributed by atoms with Crippen LogP contribution in [0.3, 0.4) is 0 Å². The molecule has 1 aromatic heterocycles. The number of nitrogens with two attached hydrogens (primary N) is 1. The van der Waals surface area contributed by atoms with Crippen LogP contribution in [-0.2, 0) is 14.3 Å². The van der Waals surface area contributed by atoms with E-state index < -0.39 is 35.2 Å². The van der Waals surface area contributed by atoms with Crippen molar-refractivity contribution in [2.24, 2.45) is 17.1 Å². The van der Waals surface area contributed by atoms with Crippen LogP contribution in [0.25, 0.3) is 0 Å². The molecule has 0 radical (unpaired) electrons. The van der Waals surface area contributed by atoms with Crippen LogP contribution in [0.4, 0.5) is 4.79 Å². The fraction of sp³-hybridized carbons (Fsp3) is 0.738. The van der Waals surface area contributed by atoms with Gasteiger partial charge in [-0.2, -0.15) is 0 Å². The summed E-state index contributed by atoms with van der Waals surface area (Å²) in [5.41, 5.74) is 6.56. The average Bonchev–Trinajstić information content (AvgIpc) is 3.44. The van der Waals surface area contributed by atoms with Crippen molar-refractivity contribution < 1.29 is 29.0 Å². The van der Waals surface area contributed by atoms with E-state index in [1.807, 2.05) is 18.7 Å². The summed E-state index contributed by atoms with van der Waals surface area (Å²) in [5, 5.41) is 10.2. The molecule has 4 N–H and O–H groups in total. The lowest BCUT2D eigenvalue weighted by Crippen LogP contribution is -2.53. The van der Waals surface area contributed by atoms with Gasteiger partial charge in [0.2, 0.25) is 0 Å². The summed E-state index contributed by atoms with van der Waals surface area (Å²) >= 11 is 0. The van der Waals surface area contributed by atoms with Crippen molar-refractivity contribution in [1.82, 2.24) is 9.88 Å². The Labute approximate surface area is 308 Å². The summed E-state index contributed by atoms with van der Waals surface area (Å²) in [5.74, 6) is -2.69. The van der Waals surface area contributed by atoms with Crippen LogP contribution in [0.2, 0.25) is 0 Å². The number of ether oxygens (including phenoxy) is 2. The van der Waals surface area contributed by atoms with E-state index in [-0.39, 0.29) is 24.2 Å². The molecular formula is C42H69N3O6. The summed E-state index contributed by atoms with van der Waals surface area (Å²) in [6, 6.07) is 1.09. The number of carboxylic acids is 1. The topological polar surface area (TPSA) is 135 Å². The molecule has 1 aliphatic heterocycles. The van der Waals surface area contributed by atoms with E-state index >= 15 is 0 Å². The zero-order chi connectivity index (χ0) is 37.3. The van der Waals surface area contributed by atoms with E-state index in [0.29, 0.717) is 24.4 Å². The predicted molar refractivity (Wildman–Crippen MR) is 205 cm³/mol. The number of carbonyl (C=O) groups excluding carboxylic acids is 2. The zero-order valence-corrected chi connectivity index (χ0v) is 32.4. The van der Waals surface area contributed by atoms with Crippen LogP contribution in [-0.4, -0.2) is 63.9 Å². The highest BCUT2D eigenvalue weighted by Gasteiger charge is 2.47. The first-order valence-corrected chi connectivity index (χ1v) is 20.0. The summed E-state index contributed by atoms with van der Waals surface area (Å²) in [7, 11) is 0. The van der Waals surface area contributed by atoms with Gasteiger partial charge in [-0.3, -0.25) is 9.59 Å². The quantitative estimate of drug-likeness (QED) is 0.0474. The molecule has 3 rings (SSSR count). The maximum Gasteiger partial charge on any atom is 0.315 e. The molecule has 9 nitrogen and oxygen atoms in total. The number of carbonyl (C=O) groups is 3. The number of rotatable bonds is 22. The molecule has 0 bridgehead atoms. The molecule has 2 fully saturated rings. The zero-order valence-electron chi connectivity index (χ0n) is 32.4. The van der Waals surface area contributed by atoms with Gasteiger partial charge in [0.15, 0.2) is 11.6 Å². The molecule has 9 heteroatoms. The lowest BCUT2D eigenvalue weighted by molar-refractivity contribution is -0.298. The van der Waals surface area contributed by atoms with Gasteiger partial charge in [0, 0.05) is 41.4 Å². The Bertz CT molecular complexity index is 1270. The van der Waals surface area contributed by atoms with Gasteiger partial charge in [0.05, 0.1) is 13.0 Å². The Balaban J connectivity index is 1.62. The maximum absolute atomic E-state index is 14.2. The Morgan fingerprint density at radius 3 is 2.25 bits per heavy atom. The largest absolute Gasteiger partial charge is 0.481 e. The third-order valence-corrected chi connectivity index (χ3v) is 10.8. The Morgan fingerprint density at radius 2 is 1.59 bits per heavy atom. The number of allylic oxidation sites excluding steroid dienone is 4. The number of hydrogen-bond donors (Lipinski definition) is 3. The fourth-order valence-electron chi connectivity index (χ4n) is 7.90. The fourth-order valence-corrected chi connectivity index (χ4v) is 7.90. The van der Waals surface area contributed by atoms with Gasteiger partial charge in [0.1, 0.15) is 6.10 Å². The molecule has 0 aromatic carbocycles. The van der Waals surface area contributed by atoms with Crippen molar-refractivity contribution in [3.8, 4) is 0 Å². The van der Waals surface area contributed by atoms with Gasteiger partial charge in [-0.15, -0.1) is 0 Å². The molecule has 51 heavy (non-hydrogen) atoms. The van der Waals surface area contributed by atoms with Crippen LogP contribution in [0.5, 0.6) is 0 Å². The summed E-state index contributed by atoms with van der Waals surface area (Å²) < 4.78 is 12.1. The van der Waals surface area contributed by atoms with Gasteiger partial charge < -0.3 is 30.2 Å². The molecule has 1 saturated heterocycles. The van der Waals surface area contributed by atoms with E-state index in [2.05, 4.69) is 36.2 Å². The molecule has 1 aromatic rings. The second-order valence-corrected chi connectivity index (χ2v) is 16.0. The molecule has 4 unspecified atom stereocenters. The summed E-state index contributed by atoms with van der Waals surface area (Å²) in [4.78, 5) is 44.7. The minimum atomic E-state index is -0.936. The van der Waals surface area contributed by atoms with Crippen LogP contribution in [0.1, 0.15) is 172 Å². The third-order valence-electron chi connectivity index (χ3n) is 10.8. The Kier molecular flexibility index (Phi) is 18.0. The third kappa shape index (κ3) is 13.9. The van der Waals surface area contributed by atoms with Gasteiger partial charge in [-0.1, -0.05) is 103 Å². The van der Waals surface area contributed by atoms with Crippen LogP contribution >= 0.6 is 0 Å². The first-order chi connectivity index (χ1) is 24.4. The van der Waals surface area contributed by atoms with Gasteiger partial charge >= 0.3 is 12.0 Å². The van der Waals surface area contributed by atoms with E-state index in [1.165, 1.54) is 32.1 Å². The van der Waals surface area contributed by atoms with Crippen LogP contribution in [0, 0.1) is 11.3 Å². The summed E-state index contributed by atoms with van der Waals surface area (Å²) in [6.45, 7) is 10.7. The number of Topliss-reactive ketones (excluding diaryl/α,β-unsaturated/α-hetero) is 1. The van der Waals surface area contributed by atoms with Crippen molar-refractivity contribution in [2.45, 2.75) is 174 Å². The summed E-state index contributed by atoms with van der Waals surface area (Å²) in [6.07, 6.45) is 28.1. The minimum Gasteiger partial charge on any atom is -0.481 e.